The van der Waals surface area contributed by atoms with Gasteiger partial charge in [-0.15, -0.1) is 6.58 Å². The summed E-state index contributed by atoms with van der Waals surface area (Å²) in [6.07, 6.45) is 2.60. The molecule has 1 atom stereocenters. The molecule has 2 heteroatoms. The van der Waals surface area contributed by atoms with Gasteiger partial charge in [-0.2, -0.15) is 0 Å². The highest BCUT2D eigenvalue weighted by Crippen LogP contribution is 2.06. The van der Waals surface area contributed by atoms with Gasteiger partial charge in [-0.25, -0.2) is 4.39 Å². The second-order valence-electron chi connectivity index (χ2n) is 2.96. The lowest BCUT2D eigenvalue weighted by Gasteiger charge is -2.10. The Morgan fingerprint density at radius 2 is 2.38 bits per heavy atom. The molecular formula is C11H14FN. The number of nitrogens with one attached hydrogen (secondary N) is 1. The molecule has 1 rings (SSSR count). The first-order chi connectivity index (χ1) is 6.26. The van der Waals surface area contributed by atoms with Gasteiger partial charge in [-0.1, -0.05) is 18.2 Å². The summed E-state index contributed by atoms with van der Waals surface area (Å²) in [5.74, 6) is -0.184. The fourth-order valence-corrected chi connectivity index (χ4v) is 1.22. The summed E-state index contributed by atoms with van der Waals surface area (Å²) in [5, 5.41) is 3.08. The van der Waals surface area contributed by atoms with Crippen LogP contribution in [0.1, 0.15) is 5.56 Å². The first-order valence-electron chi connectivity index (χ1n) is 4.30. The van der Waals surface area contributed by atoms with Gasteiger partial charge in [0.1, 0.15) is 5.82 Å². The fraction of sp³-hybridized carbons (Fsp3) is 0.273. The van der Waals surface area contributed by atoms with Crippen molar-refractivity contribution in [1.29, 1.82) is 0 Å². The maximum atomic E-state index is 12.8. The number of halogens is 1. The van der Waals surface area contributed by atoms with Crippen molar-refractivity contribution in [3.05, 3.63) is 48.3 Å². The van der Waals surface area contributed by atoms with E-state index in [1.54, 1.807) is 12.1 Å². The van der Waals surface area contributed by atoms with Gasteiger partial charge in [0.05, 0.1) is 0 Å². The maximum Gasteiger partial charge on any atom is 0.123 e. The Labute approximate surface area is 78.3 Å². The van der Waals surface area contributed by atoms with E-state index in [-0.39, 0.29) is 11.9 Å². The van der Waals surface area contributed by atoms with Crippen molar-refractivity contribution in [2.24, 2.45) is 0 Å². The van der Waals surface area contributed by atoms with E-state index in [1.165, 1.54) is 6.07 Å². The second kappa shape index (κ2) is 4.77. The third-order valence-electron chi connectivity index (χ3n) is 2.00. The molecular weight excluding hydrogens is 165 g/mol. The lowest BCUT2D eigenvalue weighted by molar-refractivity contribution is 0.618. The highest BCUT2D eigenvalue weighted by Gasteiger charge is 2.02. The summed E-state index contributed by atoms with van der Waals surface area (Å²) in [4.78, 5) is 0. The predicted molar refractivity (Wildman–Crippen MR) is 53.1 cm³/mol. The molecule has 1 aromatic carbocycles. The van der Waals surface area contributed by atoms with Crippen LogP contribution in [0.15, 0.2) is 36.9 Å². The van der Waals surface area contributed by atoms with Gasteiger partial charge in [-0.05, 0) is 31.2 Å². The van der Waals surface area contributed by atoms with Gasteiger partial charge in [0.25, 0.3) is 0 Å². The van der Waals surface area contributed by atoms with Crippen LogP contribution in [0.5, 0.6) is 0 Å². The molecule has 1 unspecified atom stereocenters. The number of rotatable bonds is 4. The van der Waals surface area contributed by atoms with Crippen LogP contribution in [0.2, 0.25) is 0 Å². The Morgan fingerprint density at radius 3 is 2.92 bits per heavy atom. The highest BCUT2D eigenvalue weighted by molar-refractivity contribution is 5.18. The molecule has 1 aromatic rings. The highest BCUT2D eigenvalue weighted by atomic mass is 19.1. The van der Waals surface area contributed by atoms with Crippen LogP contribution in [0.25, 0.3) is 0 Å². The molecule has 0 aromatic heterocycles. The summed E-state index contributed by atoms with van der Waals surface area (Å²) in [6.45, 7) is 3.69. The molecule has 0 aliphatic rings. The predicted octanol–water partition coefficient (Wildman–Crippen LogP) is 2.14. The average Bonchev–Trinajstić information content (AvgIpc) is 2.14. The van der Waals surface area contributed by atoms with E-state index in [2.05, 4.69) is 11.9 Å². The van der Waals surface area contributed by atoms with Gasteiger partial charge in [0.2, 0.25) is 0 Å². The van der Waals surface area contributed by atoms with Crippen molar-refractivity contribution in [2.75, 3.05) is 7.05 Å². The number of benzene rings is 1. The van der Waals surface area contributed by atoms with Crippen molar-refractivity contribution in [1.82, 2.24) is 5.32 Å². The number of hydrogen-bond acceptors (Lipinski definition) is 1. The zero-order valence-electron chi connectivity index (χ0n) is 7.76. The summed E-state index contributed by atoms with van der Waals surface area (Å²) in [7, 11) is 1.87. The molecule has 0 spiro atoms. The molecule has 1 N–H and O–H groups in total. The molecule has 0 aliphatic carbocycles. The minimum absolute atomic E-state index is 0.184. The molecule has 0 bridgehead atoms. The van der Waals surface area contributed by atoms with Crippen LogP contribution in [-0.4, -0.2) is 13.1 Å². The van der Waals surface area contributed by atoms with Gasteiger partial charge in [-0.3, -0.25) is 0 Å². The van der Waals surface area contributed by atoms with Crippen LogP contribution in [0, 0.1) is 5.82 Å². The monoisotopic (exact) mass is 179 g/mol. The minimum Gasteiger partial charge on any atom is -0.313 e. The molecule has 0 heterocycles. The molecule has 0 saturated heterocycles. The summed E-state index contributed by atoms with van der Waals surface area (Å²) in [6, 6.07) is 6.85. The van der Waals surface area contributed by atoms with E-state index < -0.39 is 0 Å². The zero-order valence-corrected chi connectivity index (χ0v) is 7.76. The zero-order chi connectivity index (χ0) is 9.68. The minimum atomic E-state index is -0.184. The first-order valence-corrected chi connectivity index (χ1v) is 4.30. The number of hydrogen-bond donors (Lipinski definition) is 1. The lowest BCUT2D eigenvalue weighted by Crippen LogP contribution is -2.24. The van der Waals surface area contributed by atoms with E-state index in [1.807, 2.05) is 19.2 Å². The normalized spacial score (nSPS) is 12.5. The van der Waals surface area contributed by atoms with Crippen LogP contribution < -0.4 is 5.32 Å². The molecule has 0 radical (unpaired) electrons. The standard InChI is InChI=1S/C11H14FN/c1-3-11(13-2)8-9-5-4-6-10(12)7-9/h3-7,11,13H,1,8H2,2H3. The van der Waals surface area contributed by atoms with Crippen LogP contribution in [0.4, 0.5) is 4.39 Å². The van der Waals surface area contributed by atoms with E-state index in [4.69, 9.17) is 0 Å². The van der Waals surface area contributed by atoms with Crippen molar-refractivity contribution in [3.8, 4) is 0 Å². The Kier molecular flexibility index (Phi) is 3.65. The SMILES string of the molecule is C=CC(Cc1cccc(F)c1)NC. The van der Waals surface area contributed by atoms with E-state index >= 15 is 0 Å². The Bertz CT molecular complexity index is 283. The van der Waals surface area contributed by atoms with Crippen molar-refractivity contribution in [3.63, 3.8) is 0 Å². The second-order valence-corrected chi connectivity index (χ2v) is 2.96. The van der Waals surface area contributed by atoms with E-state index in [9.17, 15) is 4.39 Å². The van der Waals surface area contributed by atoms with Gasteiger partial charge in [0, 0.05) is 6.04 Å². The number of likely N-dealkylation sites (N-methyl/N-ethyl adjacent to an activating group) is 1. The van der Waals surface area contributed by atoms with Gasteiger partial charge >= 0.3 is 0 Å². The summed E-state index contributed by atoms with van der Waals surface area (Å²) in [5.41, 5.74) is 0.985. The average molecular weight is 179 g/mol. The maximum absolute atomic E-state index is 12.8. The Morgan fingerprint density at radius 1 is 1.62 bits per heavy atom. The van der Waals surface area contributed by atoms with Crippen LogP contribution in [0.3, 0.4) is 0 Å². The van der Waals surface area contributed by atoms with Gasteiger partial charge in [0.15, 0.2) is 0 Å². The lowest BCUT2D eigenvalue weighted by atomic mass is 10.1. The van der Waals surface area contributed by atoms with E-state index in [0.717, 1.165) is 12.0 Å². The van der Waals surface area contributed by atoms with Crippen molar-refractivity contribution < 1.29 is 4.39 Å². The Hall–Kier alpha value is -1.15. The largest absolute Gasteiger partial charge is 0.313 e. The van der Waals surface area contributed by atoms with E-state index in [0.29, 0.717) is 0 Å². The van der Waals surface area contributed by atoms with Crippen molar-refractivity contribution in [2.45, 2.75) is 12.5 Å². The quantitative estimate of drug-likeness (QED) is 0.698. The smallest absolute Gasteiger partial charge is 0.123 e. The van der Waals surface area contributed by atoms with Crippen LogP contribution >= 0.6 is 0 Å². The molecule has 13 heavy (non-hydrogen) atoms. The molecule has 1 nitrogen and oxygen atoms in total. The molecule has 0 saturated carbocycles. The first kappa shape index (κ1) is 9.93. The fourth-order valence-electron chi connectivity index (χ4n) is 1.22. The molecule has 70 valence electrons. The topological polar surface area (TPSA) is 12.0 Å². The molecule has 0 amide bonds. The third-order valence-corrected chi connectivity index (χ3v) is 2.00. The summed E-state index contributed by atoms with van der Waals surface area (Å²) >= 11 is 0. The summed E-state index contributed by atoms with van der Waals surface area (Å²) < 4.78 is 12.8. The van der Waals surface area contributed by atoms with Gasteiger partial charge < -0.3 is 5.32 Å². The molecule has 0 fully saturated rings. The third kappa shape index (κ3) is 2.99. The molecule has 0 aliphatic heterocycles. The van der Waals surface area contributed by atoms with Crippen molar-refractivity contribution >= 4 is 0 Å². The van der Waals surface area contributed by atoms with Crippen LogP contribution in [-0.2, 0) is 6.42 Å². The Balaban J connectivity index is 2.67.